The highest BCUT2D eigenvalue weighted by atomic mass is 16.6. The quantitative estimate of drug-likeness (QED) is 0.557. The van der Waals surface area contributed by atoms with E-state index in [0.717, 1.165) is 6.20 Å². The van der Waals surface area contributed by atoms with Crippen molar-refractivity contribution in [2.45, 2.75) is 46.1 Å². The Bertz CT molecular complexity index is 311. The zero-order chi connectivity index (χ0) is 12.9. The summed E-state index contributed by atoms with van der Waals surface area (Å²) in [6.07, 6.45) is 1.36. The van der Waals surface area contributed by atoms with Gasteiger partial charge in [0.15, 0.2) is 0 Å². The Morgan fingerprint density at radius 3 is 2.38 bits per heavy atom. The normalized spacial score (nSPS) is 17.7. The molecule has 0 rings (SSSR count). The number of Topliss-reactive ketones (excluding diaryl/α,β-unsaturated/α-hetero) is 1. The van der Waals surface area contributed by atoms with Crippen LogP contribution in [0.5, 0.6) is 0 Å². The summed E-state index contributed by atoms with van der Waals surface area (Å²) < 4.78 is 0. The average Bonchev–Trinajstić information content (AvgIpc) is 2.24. The fraction of sp³-hybridized carbons (Fsp3) is 0.727. The van der Waals surface area contributed by atoms with Crippen molar-refractivity contribution >= 4 is 5.78 Å². The number of ketones is 1. The zero-order valence-electron chi connectivity index (χ0n) is 10.2. The van der Waals surface area contributed by atoms with E-state index in [4.69, 9.17) is 0 Å². The molecule has 0 spiro atoms. The van der Waals surface area contributed by atoms with E-state index >= 15 is 0 Å². The maximum Gasteiger partial charge on any atom is 0.236 e. The van der Waals surface area contributed by atoms with Crippen LogP contribution in [0, 0.1) is 16.0 Å². The second-order valence-electron chi connectivity index (χ2n) is 3.92. The molecule has 0 radical (unpaired) electrons. The molecule has 0 amide bonds. The lowest BCUT2D eigenvalue weighted by Crippen LogP contribution is -2.41. The summed E-state index contributed by atoms with van der Waals surface area (Å²) in [5, 5.41) is 20.7. The van der Waals surface area contributed by atoms with Crippen LogP contribution in [0.3, 0.4) is 0 Å². The Kier molecular flexibility index (Phi) is 5.30. The zero-order valence-corrected chi connectivity index (χ0v) is 10.2. The maximum absolute atomic E-state index is 11.6. The second kappa shape index (κ2) is 5.75. The number of carbonyl (C=O) groups excluding carboxylic acids is 1. The Morgan fingerprint density at radius 2 is 2.06 bits per heavy atom. The van der Waals surface area contributed by atoms with Crippen LogP contribution >= 0.6 is 0 Å². The van der Waals surface area contributed by atoms with E-state index in [1.807, 2.05) is 0 Å². The molecular formula is C11H19NO4. The summed E-state index contributed by atoms with van der Waals surface area (Å²) in [6, 6.07) is 0. The minimum Gasteiger partial charge on any atom is -0.385 e. The number of aliphatic hydroxyl groups is 1. The van der Waals surface area contributed by atoms with Crippen LogP contribution in [0.15, 0.2) is 11.8 Å². The van der Waals surface area contributed by atoms with Gasteiger partial charge in [-0.15, -0.1) is 0 Å². The van der Waals surface area contributed by atoms with Gasteiger partial charge in [-0.25, -0.2) is 0 Å². The number of hydrogen-bond donors (Lipinski definition) is 1. The fourth-order valence-electron chi connectivity index (χ4n) is 1.77. The SMILES string of the molecule is CCC(=O)C(C)C(O)(CC)/C(C)=C/[N+](=O)[O-]. The van der Waals surface area contributed by atoms with E-state index in [2.05, 4.69) is 0 Å². The van der Waals surface area contributed by atoms with Crippen LogP contribution in [0.2, 0.25) is 0 Å². The molecule has 0 aromatic carbocycles. The van der Waals surface area contributed by atoms with Crippen molar-refractivity contribution in [1.29, 1.82) is 0 Å². The third-order valence-corrected chi connectivity index (χ3v) is 3.07. The number of nitrogens with zero attached hydrogens (tertiary/aromatic N) is 1. The lowest BCUT2D eigenvalue weighted by atomic mass is 9.78. The number of nitro groups is 1. The number of rotatable bonds is 6. The van der Waals surface area contributed by atoms with Crippen LogP contribution in [-0.2, 0) is 4.79 Å². The van der Waals surface area contributed by atoms with E-state index in [9.17, 15) is 20.0 Å². The third-order valence-electron chi connectivity index (χ3n) is 3.07. The van der Waals surface area contributed by atoms with Crippen molar-refractivity contribution in [3.05, 3.63) is 21.9 Å². The molecule has 5 heteroatoms. The molecule has 0 aliphatic heterocycles. The van der Waals surface area contributed by atoms with Gasteiger partial charge in [-0.05, 0) is 13.3 Å². The summed E-state index contributed by atoms with van der Waals surface area (Å²) in [5.74, 6) is -0.723. The Morgan fingerprint density at radius 1 is 1.56 bits per heavy atom. The predicted molar refractivity (Wildman–Crippen MR) is 60.5 cm³/mol. The van der Waals surface area contributed by atoms with E-state index in [1.165, 1.54) is 6.92 Å². The van der Waals surface area contributed by atoms with Gasteiger partial charge in [0.05, 0.1) is 4.92 Å². The highest BCUT2D eigenvalue weighted by molar-refractivity contribution is 5.82. The largest absolute Gasteiger partial charge is 0.385 e. The Hall–Kier alpha value is -1.23. The Balaban J connectivity index is 5.19. The summed E-state index contributed by atoms with van der Waals surface area (Å²) in [5.41, 5.74) is -1.20. The van der Waals surface area contributed by atoms with Crippen molar-refractivity contribution in [2.75, 3.05) is 0 Å². The smallest absolute Gasteiger partial charge is 0.236 e. The highest BCUT2D eigenvalue weighted by Crippen LogP contribution is 2.30. The summed E-state index contributed by atoms with van der Waals surface area (Å²) >= 11 is 0. The van der Waals surface area contributed by atoms with E-state index in [0.29, 0.717) is 6.42 Å². The molecule has 16 heavy (non-hydrogen) atoms. The van der Waals surface area contributed by atoms with Gasteiger partial charge in [0.25, 0.3) is 0 Å². The van der Waals surface area contributed by atoms with Crippen molar-refractivity contribution in [3.8, 4) is 0 Å². The van der Waals surface area contributed by atoms with E-state index < -0.39 is 16.4 Å². The van der Waals surface area contributed by atoms with Gasteiger partial charge < -0.3 is 5.11 Å². The molecule has 0 saturated heterocycles. The monoisotopic (exact) mass is 229 g/mol. The van der Waals surface area contributed by atoms with Crippen molar-refractivity contribution in [2.24, 2.45) is 5.92 Å². The van der Waals surface area contributed by atoms with Crippen LogP contribution < -0.4 is 0 Å². The van der Waals surface area contributed by atoms with E-state index in [1.54, 1.807) is 20.8 Å². The molecule has 1 N–H and O–H groups in total. The van der Waals surface area contributed by atoms with Gasteiger partial charge >= 0.3 is 0 Å². The molecule has 0 bridgehead atoms. The first-order valence-electron chi connectivity index (χ1n) is 5.37. The predicted octanol–water partition coefficient (Wildman–Crippen LogP) is 1.92. The molecule has 0 saturated carbocycles. The first-order valence-corrected chi connectivity index (χ1v) is 5.37. The van der Waals surface area contributed by atoms with E-state index in [-0.39, 0.29) is 17.8 Å². The van der Waals surface area contributed by atoms with Gasteiger partial charge in [0, 0.05) is 17.9 Å². The molecular weight excluding hydrogens is 210 g/mol. The molecule has 5 nitrogen and oxygen atoms in total. The third kappa shape index (κ3) is 3.13. The van der Waals surface area contributed by atoms with Gasteiger partial charge in [0.1, 0.15) is 11.4 Å². The summed E-state index contributed by atoms with van der Waals surface area (Å²) in [7, 11) is 0. The van der Waals surface area contributed by atoms with Crippen molar-refractivity contribution in [3.63, 3.8) is 0 Å². The van der Waals surface area contributed by atoms with Crippen molar-refractivity contribution < 1.29 is 14.8 Å². The van der Waals surface area contributed by atoms with Crippen LogP contribution in [0.25, 0.3) is 0 Å². The summed E-state index contributed by atoms with van der Waals surface area (Å²) in [6.45, 7) is 6.50. The molecule has 0 heterocycles. The standard InChI is InChI=1S/C11H19NO4/c1-5-10(13)9(4)11(14,6-2)8(3)7-12(15)16/h7,9,14H,5-6H2,1-4H3/b8-7+. The van der Waals surface area contributed by atoms with Gasteiger partial charge in [-0.1, -0.05) is 20.8 Å². The van der Waals surface area contributed by atoms with Crippen LogP contribution in [0.4, 0.5) is 0 Å². The molecule has 0 aromatic rings. The molecule has 2 atom stereocenters. The molecule has 0 fully saturated rings. The molecule has 0 aliphatic rings. The molecule has 2 unspecified atom stereocenters. The Labute approximate surface area is 95.3 Å². The van der Waals surface area contributed by atoms with Crippen molar-refractivity contribution in [1.82, 2.24) is 0 Å². The van der Waals surface area contributed by atoms with Gasteiger partial charge in [0.2, 0.25) is 6.20 Å². The minimum atomic E-state index is -1.42. The average molecular weight is 229 g/mol. The highest BCUT2D eigenvalue weighted by Gasteiger charge is 2.38. The maximum atomic E-state index is 11.6. The number of hydrogen-bond acceptors (Lipinski definition) is 4. The van der Waals surface area contributed by atoms with Crippen LogP contribution in [-0.4, -0.2) is 21.4 Å². The first-order chi connectivity index (χ1) is 7.29. The van der Waals surface area contributed by atoms with Gasteiger partial charge in [-0.2, -0.15) is 0 Å². The van der Waals surface area contributed by atoms with Crippen LogP contribution in [0.1, 0.15) is 40.5 Å². The van der Waals surface area contributed by atoms with Gasteiger partial charge in [-0.3, -0.25) is 14.9 Å². The fourth-order valence-corrected chi connectivity index (χ4v) is 1.77. The lowest BCUT2D eigenvalue weighted by molar-refractivity contribution is -0.404. The lowest BCUT2D eigenvalue weighted by Gasteiger charge is -2.32. The first kappa shape index (κ1) is 14.8. The summed E-state index contributed by atoms with van der Waals surface area (Å²) in [4.78, 5) is 21.3. The minimum absolute atomic E-state index is 0.0968. The molecule has 0 aromatic heterocycles. The molecule has 92 valence electrons. The topological polar surface area (TPSA) is 80.4 Å². The second-order valence-corrected chi connectivity index (χ2v) is 3.92. The molecule has 0 aliphatic carbocycles. The number of carbonyl (C=O) groups is 1.